The molecule has 2 unspecified atom stereocenters. The van der Waals surface area contributed by atoms with E-state index in [0.717, 1.165) is 30.5 Å². The van der Waals surface area contributed by atoms with Gasteiger partial charge in [-0.2, -0.15) is 0 Å². The lowest BCUT2D eigenvalue weighted by Gasteiger charge is -2.43. The van der Waals surface area contributed by atoms with Crippen LogP contribution >= 0.6 is 0 Å². The number of carbonyl (C=O) groups is 1. The Morgan fingerprint density at radius 2 is 1.84 bits per heavy atom. The fourth-order valence-corrected chi connectivity index (χ4v) is 4.27. The molecule has 0 radical (unpaired) electrons. The number of aromatic nitrogens is 1. The Kier molecular flexibility index (Phi) is 4.69. The lowest BCUT2D eigenvalue weighted by Crippen LogP contribution is -2.51. The van der Waals surface area contributed by atoms with E-state index in [-0.39, 0.29) is 17.6 Å². The molecule has 1 aromatic rings. The van der Waals surface area contributed by atoms with Gasteiger partial charge in [0.05, 0.1) is 0 Å². The normalized spacial score (nSPS) is 22.5. The molecular formula is C20H30N2O3. The molecular weight excluding hydrogens is 316 g/mol. The maximum absolute atomic E-state index is 12.8. The van der Waals surface area contributed by atoms with Crippen molar-refractivity contribution in [3.63, 3.8) is 0 Å². The van der Waals surface area contributed by atoms with Gasteiger partial charge in [0.2, 0.25) is 0 Å². The zero-order chi connectivity index (χ0) is 18.4. The molecule has 2 bridgehead atoms. The van der Waals surface area contributed by atoms with Crippen molar-refractivity contribution in [1.29, 1.82) is 0 Å². The minimum atomic E-state index is -0.483. The van der Waals surface area contributed by atoms with Gasteiger partial charge in [0, 0.05) is 36.8 Å². The number of aryl methyl sites for hydroxylation is 2. The summed E-state index contributed by atoms with van der Waals surface area (Å²) in [4.78, 5) is 27.2. The monoisotopic (exact) mass is 346 g/mol. The summed E-state index contributed by atoms with van der Waals surface area (Å²) >= 11 is 0. The van der Waals surface area contributed by atoms with Gasteiger partial charge in [-0.05, 0) is 57.6 Å². The van der Waals surface area contributed by atoms with Crippen LogP contribution in [-0.4, -0.2) is 34.3 Å². The standard InChI is InChI=1S/C20H30N2O3/c1-6-14-9-15(7-2)18(23)22-11-13-8-16(17(14)22)12-21(10-13)19(24)25-20(3,4)5/h9,13,16H,6-8,10-12H2,1-5H3. The Hall–Kier alpha value is -1.78. The molecule has 0 N–H and O–H groups in total. The first-order valence-electron chi connectivity index (χ1n) is 9.46. The average molecular weight is 346 g/mol. The number of nitrogens with zero attached hydrogens (tertiary/aromatic N) is 2. The molecule has 3 rings (SSSR count). The third-order valence-electron chi connectivity index (χ3n) is 5.27. The zero-order valence-corrected chi connectivity index (χ0v) is 16.1. The van der Waals surface area contributed by atoms with Gasteiger partial charge in [-0.3, -0.25) is 4.79 Å². The fourth-order valence-electron chi connectivity index (χ4n) is 4.27. The second-order valence-electron chi connectivity index (χ2n) is 8.39. The molecule has 1 fully saturated rings. The van der Waals surface area contributed by atoms with Crippen LogP contribution in [0, 0.1) is 5.92 Å². The van der Waals surface area contributed by atoms with Gasteiger partial charge in [0.1, 0.15) is 5.60 Å². The van der Waals surface area contributed by atoms with Crippen LogP contribution < -0.4 is 5.56 Å². The molecule has 2 aliphatic heterocycles. The van der Waals surface area contributed by atoms with Crippen molar-refractivity contribution in [2.75, 3.05) is 13.1 Å². The summed E-state index contributed by atoms with van der Waals surface area (Å²) in [6.07, 6.45) is 2.50. The predicted octanol–water partition coefficient (Wildman–Crippen LogP) is 3.33. The van der Waals surface area contributed by atoms with Crippen LogP contribution in [0.2, 0.25) is 0 Å². The van der Waals surface area contributed by atoms with E-state index in [2.05, 4.69) is 13.0 Å². The third kappa shape index (κ3) is 3.46. The van der Waals surface area contributed by atoms with Crippen LogP contribution in [0.25, 0.3) is 0 Å². The summed E-state index contributed by atoms with van der Waals surface area (Å²) in [7, 11) is 0. The summed E-state index contributed by atoms with van der Waals surface area (Å²) in [5.74, 6) is 0.557. The van der Waals surface area contributed by atoms with E-state index < -0.39 is 5.60 Å². The molecule has 25 heavy (non-hydrogen) atoms. The minimum absolute atomic E-state index is 0.162. The van der Waals surface area contributed by atoms with Crippen LogP contribution in [0.3, 0.4) is 0 Å². The molecule has 1 aromatic heterocycles. The lowest BCUT2D eigenvalue weighted by molar-refractivity contribution is 0.0101. The van der Waals surface area contributed by atoms with Crippen molar-refractivity contribution >= 4 is 6.09 Å². The van der Waals surface area contributed by atoms with E-state index in [9.17, 15) is 9.59 Å². The Balaban J connectivity index is 1.94. The van der Waals surface area contributed by atoms with Crippen molar-refractivity contribution in [1.82, 2.24) is 9.47 Å². The highest BCUT2D eigenvalue weighted by Gasteiger charge is 2.39. The second-order valence-corrected chi connectivity index (χ2v) is 8.39. The molecule has 5 heteroatoms. The van der Waals surface area contributed by atoms with E-state index in [1.54, 1.807) is 0 Å². The van der Waals surface area contributed by atoms with E-state index in [4.69, 9.17) is 4.74 Å². The van der Waals surface area contributed by atoms with Crippen molar-refractivity contribution in [2.45, 2.75) is 71.9 Å². The van der Waals surface area contributed by atoms with Crippen LogP contribution in [0.5, 0.6) is 0 Å². The number of pyridine rings is 1. The van der Waals surface area contributed by atoms with Gasteiger partial charge in [0.25, 0.3) is 5.56 Å². The topological polar surface area (TPSA) is 51.5 Å². The number of hydrogen-bond acceptors (Lipinski definition) is 3. The summed E-state index contributed by atoms with van der Waals surface area (Å²) in [6.45, 7) is 11.9. The zero-order valence-electron chi connectivity index (χ0n) is 16.1. The summed E-state index contributed by atoms with van der Waals surface area (Å²) < 4.78 is 7.57. The Morgan fingerprint density at radius 3 is 2.44 bits per heavy atom. The Labute approximate surface area is 150 Å². The number of hydrogen-bond donors (Lipinski definition) is 0. The third-order valence-corrected chi connectivity index (χ3v) is 5.27. The van der Waals surface area contributed by atoms with Crippen LogP contribution in [0.4, 0.5) is 4.79 Å². The van der Waals surface area contributed by atoms with E-state index in [1.165, 1.54) is 5.56 Å². The van der Waals surface area contributed by atoms with Crippen LogP contribution in [0.1, 0.15) is 63.8 Å². The van der Waals surface area contributed by atoms with Gasteiger partial charge in [-0.1, -0.05) is 13.8 Å². The largest absolute Gasteiger partial charge is 0.444 e. The molecule has 0 aliphatic carbocycles. The van der Waals surface area contributed by atoms with Gasteiger partial charge in [-0.15, -0.1) is 0 Å². The van der Waals surface area contributed by atoms with E-state index >= 15 is 0 Å². The summed E-state index contributed by atoms with van der Waals surface area (Å²) in [5, 5.41) is 0. The first-order valence-corrected chi connectivity index (χ1v) is 9.46. The maximum Gasteiger partial charge on any atom is 0.410 e. The first kappa shape index (κ1) is 18.0. The number of amides is 1. The van der Waals surface area contributed by atoms with Crippen molar-refractivity contribution in [2.24, 2.45) is 5.92 Å². The van der Waals surface area contributed by atoms with E-state index in [1.807, 2.05) is 37.2 Å². The number of carbonyl (C=O) groups excluding carboxylic acids is 1. The van der Waals surface area contributed by atoms with Gasteiger partial charge in [-0.25, -0.2) is 4.79 Å². The SMILES string of the molecule is CCc1cc(CC)c(=O)n2c1C1CC(CN(C(=O)OC(C)(C)C)C1)C2. The molecule has 0 saturated carbocycles. The minimum Gasteiger partial charge on any atom is -0.444 e. The molecule has 0 spiro atoms. The second kappa shape index (κ2) is 6.50. The number of fused-ring (bicyclic) bond motifs is 4. The summed E-state index contributed by atoms with van der Waals surface area (Å²) in [5.41, 5.74) is 2.99. The number of piperidine rings is 1. The van der Waals surface area contributed by atoms with Gasteiger partial charge < -0.3 is 14.2 Å². The molecule has 1 saturated heterocycles. The molecule has 2 aliphatic rings. The molecule has 5 nitrogen and oxygen atoms in total. The molecule has 3 heterocycles. The van der Waals surface area contributed by atoms with Crippen LogP contribution in [0.15, 0.2) is 10.9 Å². The molecule has 138 valence electrons. The van der Waals surface area contributed by atoms with Crippen molar-refractivity contribution < 1.29 is 9.53 Å². The quantitative estimate of drug-likeness (QED) is 0.825. The summed E-state index contributed by atoms with van der Waals surface area (Å²) in [6, 6.07) is 2.08. The van der Waals surface area contributed by atoms with Gasteiger partial charge >= 0.3 is 6.09 Å². The molecule has 1 amide bonds. The van der Waals surface area contributed by atoms with E-state index in [0.29, 0.717) is 25.6 Å². The first-order chi connectivity index (χ1) is 11.7. The number of likely N-dealkylation sites (tertiary alicyclic amines) is 1. The predicted molar refractivity (Wildman–Crippen MR) is 98.1 cm³/mol. The Morgan fingerprint density at radius 1 is 1.16 bits per heavy atom. The van der Waals surface area contributed by atoms with Gasteiger partial charge in [0.15, 0.2) is 0 Å². The molecule has 2 atom stereocenters. The maximum atomic E-state index is 12.8. The highest BCUT2D eigenvalue weighted by atomic mass is 16.6. The highest BCUT2D eigenvalue weighted by molar-refractivity contribution is 5.68. The molecule has 0 aromatic carbocycles. The highest BCUT2D eigenvalue weighted by Crippen LogP contribution is 2.37. The Bertz CT molecular complexity index is 730. The lowest BCUT2D eigenvalue weighted by atomic mass is 9.81. The number of rotatable bonds is 2. The van der Waals surface area contributed by atoms with Crippen LogP contribution in [-0.2, 0) is 24.1 Å². The fraction of sp³-hybridized carbons (Fsp3) is 0.700. The smallest absolute Gasteiger partial charge is 0.410 e. The van der Waals surface area contributed by atoms with Crippen molar-refractivity contribution in [3.05, 3.63) is 33.2 Å². The average Bonchev–Trinajstić information content (AvgIpc) is 2.54. The number of ether oxygens (including phenoxy) is 1. The van der Waals surface area contributed by atoms with Crippen molar-refractivity contribution in [3.8, 4) is 0 Å².